The Balaban J connectivity index is 2.36. The molecule has 1 saturated heterocycles. The number of carboxylic acids is 1. The van der Waals surface area contributed by atoms with Crippen LogP contribution in [0.3, 0.4) is 0 Å². The standard InChI is InChI=1S/C14H19NO5S/c1-20-11-6-8-12(9-7-11)21(18,19)15-10-4-2-3-5-13(15)14(16)17/h6-9,13H,2-5,10H2,1H3,(H,16,17). The van der Waals surface area contributed by atoms with Gasteiger partial charge in [-0.05, 0) is 37.1 Å². The van der Waals surface area contributed by atoms with Crippen LogP contribution in [0.4, 0.5) is 0 Å². The van der Waals surface area contributed by atoms with E-state index in [4.69, 9.17) is 4.74 Å². The molecule has 1 N–H and O–H groups in total. The maximum atomic E-state index is 12.7. The van der Waals surface area contributed by atoms with Crippen molar-refractivity contribution in [3.8, 4) is 5.75 Å². The topological polar surface area (TPSA) is 83.9 Å². The molecule has 1 fully saturated rings. The SMILES string of the molecule is COc1ccc(S(=O)(=O)N2CCCCCC2C(=O)O)cc1. The normalized spacial score (nSPS) is 20.7. The van der Waals surface area contributed by atoms with E-state index in [0.717, 1.165) is 17.1 Å². The molecule has 1 aromatic carbocycles. The highest BCUT2D eigenvalue weighted by molar-refractivity contribution is 7.89. The smallest absolute Gasteiger partial charge is 0.322 e. The molecule has 1 aliphatic rings. The van der Waals surface area contributed by atoms with Crippen LogP contribution in [0.15, 0.2) is 29.2 Å². The summed E-state index contributed by atoms with van der Waals surface area (Å²) in [6.45, 7) is 0.241. The lowest BCUT2D eigenvalue weighted by molar-refractivity contribution is -0.141. The van der Waals surface area contributed by atoms with E-state index in [-0.39, 0.29) is 11.4 Å². The van der Waals surface area contributed by atoms with Gasteiger partial charge in [-0.25, -0.2) is 8.42 Å². The van der Waals surface area contributed by atoms with E-state index in [1.807, 2.05) is 0 Å². The highest BCUT2D eigenvalue weighted by atomic mass is 32.2. The van der Waals surface area contributed by atoms with E-state index in [0.29, 0.717) is 18.6 Å². The molecule has 1 unspecified atom stereocenters. The second-order valence-corrected chi connectivity index (χ2v) is 6.89. The Morgan fingerprint density at radius 1 is 1.24 bits per heavy atom. The predicted octanol–water partition coefficient (Wildman–Crippen LogP) is 1.71. The number of carbonyl (C=O) groups is 1. The minimum absolute atomic E-state index is 0.0939. The van der Waals surface area contributed by atoms with Gasteiger partial charge in [-0.2, -0.15) is 4.31 Å². The zero-order chi connectivity index (χ0) is 15.5. The molecule has 21 heavy (non-hydrogen) atoms. The van der Waals surface area contributed by atoms with E-state index in [9.17, 15) is 18.3 Å². The number of rotatable bonds is 4. The largest absolute Gasteiger partial charge is 0.497 e. The molecule has 0 aliphatic carbocycles. The van der Waals surface area contributed by atoms with Gasteiger partial charge in [0.05, 0.1) is 12.0 Å². The molecule has 1 aliphatic heterocycles. The predicted molar refractivity (Wildman–Crippen MR) is 76.8 cm³/mol. The van der Waals surface area contributed by atoms with Gasteiger partial charge in [0.1, 0.15) is 11.8 Å². The van der Waals surface area contributed by atoms with E-state index < -0.39 is 22.0 Å². The second kappa shape index (κ2) is 6.44. The number of hydrogen-bond donors (Lipinski definition) is 1. The number of ether oxygens (including phenoxy) is 1. The molecule has 1 heterocycles. The number of hydrogen-bond acceptors (Lipinski definition) is 4. The summed E-state index contributed by atoms with van der Waals surface area (Å²) in [6, 6.07) is 5.01. The maximum Gasteiger partial charge on any atom is 0.322 e. The molecule has 0 amide bonds. The van der Waals surface area contributed by atoms with Crippen LogP contribution in [-0.4, -0.2) is 43.5 Å². The van der Waals surface area contributed by atoms with Gasteiger partial charge in [0, 0.05) is 6.54 Å². The number of methoxy groups -OCH3 is 1. The van der Waals surface area contributed by atoms with E-state index >= 15 is 0 Å². The van der Waals surface area contributed by atoms with E-state index in [2.05, 4.69) is 0 Å². The number of sulfonamides is 1. The zero-order valence-corrected chi connectivity index (χ0v) is 12.7. The molecule has 0 aromatic heterocycles. The molecular formula is C14H19NO5S. The maximum absolute atomic E-state index is 12.7. The summed E-state index contributed by atoms with van der Waals surface area (Å²) < 4.78 is 31.5. The third-order valence-electron chi connectivity index (χ3n) is 3.65. The molecule has 2 rings (SSSR count). The fourth-order valence-electron chi connectivity index (χ4n) is 2.50. The van der Waals surface area contributed by atoms with Gasteiger partial charge in [-0.3, -0.25) is 4.79 Å². The van der Waals surface area contributed by atoms with Gasteiger partial charge in [0.25, 0.3) is 0 Å². The quantitative estimate of drug-likeness (QED) is 0.915. The third-order valence-corrected chi connectivity index (χ3v) is 5.58. The van der Waals surface area contributed by atoms with Crippen molar-refractivity contribution < 1.29 is 23.1 Å². The molecule has 0 saturated carbocycles. The Bertz CT molecular complexity index is 596. The molecule has 0 radical (unpaired) electrons. The average molecular weight is 313 g/mol. The molecule has 7 heteroatoms. The van der Waals surface area contributed by atoms with Crippen molar-refractivity contribution in [3.63, 3.8) is 0 Å². The van der Waals surface area contributed by atoms with Crippen molar-refractivity contribution >= 4 is 16.0 Å². The van der Waals surface area contributed by atoms with Crippen molar-refractivity contribution in [2.24, 2.45) is 0 Å². The van der Waals surface area contributed by atoms with Gasteiger partial charge in [-0.1, -0.05) is 12.8 Å². The Labute approximate surface area is 124 Å². The summed E-state index contributed by atoms with van der Waals surface area (Å²) in [5, 5.41) is 9.30. The van der Waals surface area contributed by atoms with Crippen molar-refractivity contribution in [3.05, 3.63) is 24.3 Å². The first-order valence-electron chi connectivity index (χ1n) is 6.85. The number of carboxylic acid groups (broad SMARTS) is 1. The van der Waals surface area contributed by atoms with Crippen LogP contribution in [-0.2, 0) is 14.8 Å². The van der Waals surface area contributed by atoms with Gasteiger partial charge in [-0.15, -0.1) is 0 Å². The second-order valence-electron chi connectivity index (χ2n) is 4.99. The minimum Gasteiger partial charge on any atom is -0.497 e. The van der Waals surface area contributed by atoms with Crippen LogP contribution in [0.1, 0.15) is 25.7 Å². The van der Waals surface area contributed by atoms with Crippen molar-refractivity contribution in [1.82, 2.24) is 4.31 Å². The number of benzene rings is 1. The Morgan fingerprint density at radius 3 is 2.48 bits per heavy atom. The van der Waals surface area contributed by atoms with Crippen LogP contribution >= 0.6 is 0 Å². The molecule has 0 spiro atoms. The van der Waals surface area contributed by atoms with Gasteiger partial charge >= 0.3 is 5.97 Å². The number of aliphatic carboxylic acids is 1. The lowest BCUT2D eigenvalue weighted by Gasteiger charge is -2.26. The molecule has 6 nitrogen and oxygen atoms in total. The molecule has 1 atom stereocenters. The fourth-order valence-corrected chi connectivity index (χ4v) is 4.15. The van der Waals surface area contributed by atoms with Crippen LogP contribution < -0.4 is 4.74 Å². The minimum atomic E-state index is -3.81. The summed E-state index contributed by atoms with van der Waals surface area (Å²) in [6.07, 6.45) is 2.61. The fraction of sp³-hybridized carbons (Fsp3) is 0.500. The number of nitrogens with zero attached hydrogens (tertiary/aromatic N) is 1. The van der Waals surface area contributed by atoms with Crippen LogP contribution in [0.2, 0.25) is 0 Å². The van der Waals surface area contributed by atoms with Crippen LogP contribution in [0.25, 0.3) is 0 Å². The Kier molecular flexibility index (Phi) is 4.84. The molecule has 1 aromatic rings. The van der Waals surface area contributed by atoms with E-state index in [1.54, 1.807) is 12.1 Å². The lowest BCUT2D eigenvalue weighted by atomic mass is 10.1. The lowest BCUT2D eigenvalue weighted by Crippen LogP contribution is -2.44. The molecule has 0 bridgehead atoms. The summed E-state index contributed by atoms with van der Waals surface area (Å²) in [7, 11) is -2.31. The molecular weight excluding hydrogens is 294 g/mol. The average Bonchev–Trinajstić information content (AvgIpc) is 2.73. The first kappa shape index (κ1) is 15.8. The Morgan fingerprint density at radius 2 is 1.90 bits per heavy atom. The van der Waals surface area contributed by atoms with Crippen molar-refractivity contribution in [1.29, 1.82) is 0 Å². The summed E-state index contributed by atoms with van der Waals surface area (Å²) in [5.74, 6) is -0.534. The van der Waals surface area contributed by atoms with Gasteiger partial charge in [0.15, 0.2) is 0 Å². The first-order chi connectivity index (χ1) is 9.96. The van der Waals surface area contributed by atoms with E-state index in [1.165, 1.54) is 19.2 Å². The third kappa shape index (κ3) is 3.36. The van der Waals surface area contributed by atoms with Crippen molar-refractivity contribution in [2.75, 3.05) is 13.7 Å². The highest BCUT2D eigenvalue weighted by Gasteiger charge is 2.36. The molecule has 116 valence electrons. The summed E-state index contributed by atoms with van der Waals surface area (Å²) in [5.41, 5.74) is 0. The van der Waals surface area contributed by atoms with Crippen molar-refractivity contribution in [2.45, 2.75) is 36.6 Å². The monoisotopic (exact) mass is 313 g/mol. The zero-order valence-electron chi connectivity index (χ0n) is 11.9. The van der Waals surface area contributed by atoms with Gasteiger partial charge in [0.2, 0.25) is 10.0 Å². The Hall–Kier alpha value is -1.60. The highest BCUT2D eigenvalue weighted by Crippen LogP contribution is 2.26. The summed E-state index contributed by atoms with van der Waals surface area (Å²) >= 11 is 0. The van der Waals surface area contributed by atoms with Gasteiger partial charge < -0.3 is 9.84 Å². The first-order valence-corrected chi connectivity index (χ1v) is 8.29. The summed E-state index contributed by atoms with van der Waals surface area (Å²) in [4.78, 5) is 11.5. The van der Waals surface area contributed by atoms with Crippen LogP contribution in [0, 0.1) is 0 Å². The van der Waals surface area contributed by atoms with Crippen LogP contribution in [0.5, 0.6) is 5.75 Å².